The maximum atomic E-state index is 10.1. The topological polar surface area (TPSA) is 41.9 Å². The van der Waals surface area contributed by atoms with Gasteiger partial charge in [0.05, 0.1) is 26.0 Å². The van der Waals surface area contributed by atoms with E-state index in [0.29, 0.717) is 0 Å². The molecule has 4 heteroatoms. The molecule has 0 aliphatic carbocycles. The van der Waals surface area contributed by atoms with Crippen molar-refractivity contribution < 1.29 is 14.6 Å². The lowest BCUT2D eigenvalue weighted by Gasteiger charge is -2.33. The van der Waals surface area contributed by atoms with Gasteiger partial charge in [0.15, 0.2) is 11.5 Å². The molecule has 0 aromatic heterocycles. The van der Waals surface area contributed by atoms with Gasteiger partial charge in [-0.15, -0.1) is 0 Å². The lowest BCUT2D eigenvalue weighted by atomic mass is 9.90. The zero-order valence-corrected chi connectivity index (χ0v) is 13.4. The van der Waals surface area contributed by atoms with Crippen molar-refractivity contribution in [3.05, 3.63) is 41.5 Å². The molecule has 0 fully saturated rings. The van der Waals surface area contributed by atoms with Crippen molar-refractivity contribution in [1.29, 1.82) is 0 Å². The van der Waals surface area contributed by atoms with E-state index in [2.05, 4.69) is 11.0 Å². The number of anilines is 1. The van der Waals surface area contributed by atoms with Crippen molar-refractivity contribution >= 4 is 5.69 Å². The fraction of sp³-hybridized carbons (Fsp3) is 0.333. The lowest BCUT2D eigenvalue weighted by Crippen LogP contribution is -2.23. The van der Waals surface area contributed by atoms with E-state index >= 15 is 0 Å². The Kier molecular flexibility index (Phi) is 3.71. The summed E-state index contributed by atoms with van der Waals surface area (Å²) in [6.07, 6.45) is -0.501. The van der Waals surface area contributed by atoms with E-state index in [9.17, 15) is 5.11 Å². The average Bonchev–Trinajstić information content (AvgIpc) is 2.53. The SMILES string of the molecule is COc1cc2c(cc1OC)-c1cccc(C(C)O)c1N(C)C2. The number of para-hydroxylation sites is 1. The van der Waals surface area contributed by atoms with Crippen LogP contribution < -0.4 is 14.4 Å². The van der Waals surface area contributed by atoms with Gasteiger partial charge in [-0.25, -0.2) is 0 Å². The summed E-state index contributed by atoms with van der Waals surface area (Å²) in [7, 11) is 5.34. The first-order chi connectivity index (χ1) is 10.6. The molecule has 0 spiro atoms. The van der Waals surface area contributed by atoms with Crippen LogP contribution in [0.25, 0.3) is 11.1 Å². The van der Waals surface area contributed by atoms with Gasteiger partial charge in [0.25, 0.3) is 0 Å². The summed E-state index contributed by atoms with van der Waals surface area (Å²) in [6.45, 7) is 2.57. The summed E-state index contributed by atoms with van der Waals surface area (Å²) in [5.41, 5.74) is 5.46. The Morgan fingerprint density at radius 1 is 1.09 bits per heavy atom. The molecule has 22 heavy (non-hydrogen) atoms. The van der Waals surface area contributed by atoms with Crippen LogP contribution in [0.4, 0.5) is 5.69 Å². The molecule has 2 aromatic rings. The Bertz CT molecular complexity index is 710. The molecule has 1 atom stereocenters. The number of hydrogen-bond acceptors (Lipinski definition) is 4. The van der Waals surface area contributed by atoms with E-state index in [-0.39, 0.29) is 0 Å². The second-order valence-corrected chi connectivity index (χ2v) is 5.64. The third-order valence-corrected chi connectivity index (χ3v) is 4.21. The van der Waals surface area contributed by atoms with Crippen molar-refractivity contribution in [3.8, 4) is 22.6 Å². The number of methoxy groups -OCH3 is 2. The molecule has 1 aliphatic rings. The quantitative estimate of drug-likeness (QED) is 0.943. The summed E-state index contributed by atoms with van der Waals surface area (Å²) in [4.78, 5) is 2.17. The molecule has 1 aliphatic heterocycles. The molecule has 116 valence electrons. The lowest BCUT2D eigenvalue weighted by molar-refractivity contribution is 0.199. The van der Waals surface area contributed by atoms with Gasteiger partial charge in [0, 0.05) is 24.7 Å². The van der Waals surface area contributed by atoms with Crippen molar-refractivity contribution in [1.82, 2.24) is 0 Å². The van der Waals surface area contributed by atoms with Gasteiger partial charge in [-0.3, -0.25) is 0 Å². The number of hydrogen-bond donors (Lipinski definition) is 1. The first-order valence-corrected chi connectivity index (χ1v) is 7.34. The zero-order valence-electron chi connectivity index (χ0n) is 13.4. The minimum absolute atomic E-state index is 0.501. The highest BCUT2D eigenvalue weighted by atomic mass is 16.5. The number of aliphatic hydroxyl groups excluding tert-OH is 1. The first kappa shape index (κ1) is 14.7. The van der Waals surface area contributed by atoms with Crippen LogP contribution >= 0.6 is 0 Å². The molecule has 1 heterocycles. The molecule has 1 N–H and O–H groups in total. The highest BCUT2D eigenvalue weighted by molar-refractivity contribution is 5.87. The molecule has 0 saturated carbocycles. The number of ether oxygens (including phenoxy) is 2. The van der Waals surface area contributed by atoms with Gasteiger partial charge in [0.2, 0.25) is 0 Å². The van der Waals surface area contributed by atoms with Gasteiger partial charge in [-0.05, 0) is 30.2 Å². The van der Waals surface area contributed by atoms with Crippen LogP contribution in [0.1, 0.15) is 24.2 Å². The molecule has 0 bridgehead atoms. The second kappa shape index (κ2) is 5.54. The summed E-state index contributed by atoms with van der Waals surface area (Å²) in [5.74, 6) is 1.46. The summed E-state index contributed by atoms with van der Waals surface area (Å²) in [5, 5.41) is 10.1. The van der Waals surface area contributed by atoms with Crippen molar-refractivity contribution in [2.75, 3.05) is 26.2 Å². The highest BCUT2D eigenvalue weighted by Gasteiger charge is 2.25. The Morgan fingerprint density at radius 3 is 2.41 bits per heavy atom. The second-order valence-electron chi connectivity index (χ2n) is 5.64. The van der Waals surface area contributed by atoms with Crippen LogP contribution in [0.3, 0.4) is 0 Å². The average molecular weight is 299 g/mol. The molecule has 4 nitrogen and oxygen atoms in total. The van der Waals surface area contributed by atoms with Gasteiger partial charge in [-0.1, -0.05) is 18.2 Å². The predicted molar refractivity (Wildman–Crippen MR) is 87.7 cm³/mol. The summed E-state index contributed by atoms with van der Waals surface area (Å²) < 4.78 is 10.8. The van der Waals surface area contributed by atoms with Crippen molar-refractivity contribution in [2.45, 2.75) is 19.6 Å². The Balaban J connectivity index is 2.26. The van der Waals surface area contributed by atoms with Gasteiger partial charge < -0.3 is 19.5 Å². The van der Waals surface area contributed by atoms with Crippen LogP contribution in [0.15, 0.2) is 30.3 Å². The van der Waals surface area contributed by atoms with E-state index < -0.39 is 6.10 Å². The van der Waals surface area contributed by atoms with E-state index in [1.165, 1.54) is 5.56 Å². The maximum absolute atomic E-state index is 10.1. The van der Waals surface area contributed by atoms with Crippen LogP contribution in [0, 0.1) is 0 Å². The third kappa shape index (κ3) is 2.20. The summed E-state index contributed by atoms with van der Waals surface area (Å²) >= 11 is 0. The van der Waals surface area contributed by atoms with Gasteiger partial charge >= 0.3 is 0 Å². The van der Waals surface area contributed by atoms with E-state index in [1.54, 1.807) is 21.1 Å². The third-order valence-electron chi connectivity index (χ3n) is 4.21. The van der Waals surface area contributed by atoms with Crippen LogP contribution in [-0.2, 0) is 6.54 Å². The van der Waals surface area contributed by atoms with Crippen molar-refractivity contribution in [3.63, 3.8) is 0 Å². The van der Waals surface area contributed by atoms with E-state index in [1.807, 2.05) is 31.3 Å². The predicted octanol–water partition coefficient (Wildman–Crippen LogP) is 3.37. The maximum Gasteiger partial charge on any atom is 0.161 e. The molecule has 3 rings (SSSR count). The number of nitrogens with zero attached hydrogens (tertiary/aromatic N) is 1. The number of benzene rings is 2. The molecule has 0 radical (unpaired) electrons. The number of rotatable bonds is 3. The van der Waals surface area contributed by atoms with Crippen LogP contribution in [0.5, 0.6) is 11.5 Å². The minimum Gasteiger partial charge on any atom is -0.493 e. The van der Waals surface area contributed by atoms with E-state index in [0.717, 1.165) is 40.4 Å². The monoisotopic (exact) mass is 299 g/mol. The molecule has 1 unspecified atom stereocenters. The fourth-order valence-corrected chi connectivity index (χ4v) is 3.18. The number of fused-ring (bicyclic) bond motifs is 3. The molecule has 2 aromatic carbocycles. The molecule has 0 saturated heterocycles. The molecule has 0 amide bonds. The Labute approximate surface area is 130 Å². The van der Waals surface area contributed by atoms with Crippen LogP contribution in [0.2, 0.25) is 0 Å². The van der Waals surface area contributed by atoms with Crippen LogP contribution in [-0.4, -0.2) is 26.4 Å². The Morgan fingerprint density at radius 2 is 1.77 bits per heavy atom. The van der Waals surface area contributed by atoms with Gasteiger partial charge in [-0.2, -0.15) is 0 Å². The smallest absolute Gasteiger partial charge is 0.161 e. The van der Waals surface area contributed by atoms with Gasteiger partial charge in [0.1, 0.15) is 0 Å². The Hall–Kier alpha value is -2.20. The normalized spacial score (nSPS) is 14.1. The molecular formula is C18H21NO3. The fourth-order valence-electron chi connectivity index (χ4n) is 3.18. The van der Waals surface area contributed by atoms with Crippen molar-refractivity contribution in [2.24, 2.45) is 0 Å². The first-order valence-electron chi connectivity index (χ1n) is 7.34. The highest BCUT2D eigenvalue weighted by Crippen LogP contribution is 2.45. The number of aliphatic hydroxyl groups is 1. The zero-order chi connectivity index (χ0) is 15.9. The largest absolute Gasteiger partial charge is 0.493 e. The van der Waals surface area contributed by atoms with E-state index in [4.69, 9.17) is 9.47 Å². The summed E-state index contributed by atoms with van der Waals surface area (Å²) in [6, 6.07) is 10.1. The molecular weight excluding hydrogens is 278 g/mol. The minimum atomic E-state index is -0.501. The standard InChI is InChI=1S/C18H21NO3/c1-11(20)13-6-5-7-14-15-9-17(22-4)16(21-3)8-12(15)10-19(2)18(13)14/h5-9,11,20H,10H2,1-4H3.